The first-order valence-corrected chi connectivity index (χ1v) is 7.39. The molecule has 0 saturated heterocycles. The van der Waals surface area contributed by atoms with Crippen molar-refractivity contribution in [2.45, 2.75) is 54.0 Å². The van der Waals surface area contributed by atoms with E-state index in [4.69, 9.17) is 4.74 Å². The van der Waals surface area contributed by atoms with Gasteiger partial charge in [0.05, 0.1) is 18.9 Å². The second-order valence-corrected chi connectivity index (χ2v) is 5.91. The normalized spacial score (nSPS) is 22.6. The highest BCUT2D eigenvalue weighted by Gasteiger charge is 2.20. The maximum absolute atomic E-state index is 5.74. The van der Waals surface area contributed by atoms with Gasteiger partial charge in [-0.15, -0.1) is 0 Å². The minimum absolute atomic E-state index is 0.145. The van der Waals surface area contributed by atoms with Gasteiger partial charge in [0.2, 0.25) is 5.90 Å². The topological polar surface area (TPSA) is 34.0 Å². The molecule has 3 heteroatoms. The smallest absolute Gasteiger partial charge is 0.228 e. The molecule has 0 fully saturated rings. The molecule has 0 aliphatic carbocycles. The van der Waals surface area contributed by atoms with E-state index in [1.54, 1.807) is 6.21 Å². The van der Waals surface area contributed by atoms with Crippen LogP contribution >= 0.6 is 0 Å². The summed E-state index contributed by atoms with van der Waals surface area (Å²) in [4.78, 5) is 8.99. The molecule has 1 unspecified atom stereocenters. The standard InChI is InChI=1S/C16H28N2O/c1-7-12(4)10-19-16-9-17-8-15(14(6)18-16)13(5)11(2)3/h8-9,11-14H,7,10H2,1-6H3/t12?,13-,14-/m1/s1. The molecule has 0 saturated carbocycles. The minimum Gasteiger partial charge on any atom is -0.477 e. The van der Waals surface area contributed by atoms with Crippen LogP contribution in [-0.2, 0) is 4.74 Å². The lowest BCUT2D eigenvalue weighted by Gasteiger charge is -2.21. The molecular formula is C16H28N2O. The highest BCUT2D eigenvalue weighted by Crippen LogP contribution is 2.25. The Bertz CT molecular complexity index is 369. The van der Waals surface area contributed by atoms with Gasteiger partial charge >= 0.3 is 0 Å². The van der Waals surface area contributed by atoms with Crippen molar-refractivity contribution in [3.8, 4) is 0 Å². The molecule has 0 aromatic heterocycles. The van der Waals surface area contributed by atoms with Crippen LogP contribution in [0.2, 0.25) is 0 Å². The molecule has 1 aliphatic heterocycles. The summed E-state index contributed by atoms with van der Waals surface area (Å²) in [5.41, 5.74) is 1.29. The highest BCUT2D eigenvalue weighted by molar-refractivity contribution is 6.26. The summed E-state index contributed by atoms with van der Waals surface area (Å²) in [5.74, 6) is 2.30. The second-order valence-electron chi connectivity index (χ2n) is 5.91. The molecule has 19 heavy (non-hydrogen) atoms. The summed E-state index contributed by atoms with van der Waals surface area (Å²) in [6.45, 7) is 13.9. The fourth-order valence-electron chi connectivity index (χ4n) is 1.90. The van der Waals surface area contributed by atoms with Crippen LogP contribution < -0.4 is 0 Å². The Kier molecular flexibility index (Phi) is 6.26. The van der Waals surface area contributed by atoms with Gasteiger partial charge in [0.1, 0.15) is 0 Å². The average Bonchev–Trinajstić information content (AvgIpc) is 2.56. The zero-order chi connectivity index (χ0) is 14.4. The Labute approximate surface area is 117 Å². The van der Waals surface area contributed by atoms with Crippen LogP contribution in [0.5, 0.6) is 0 Å². The molecule has 0 aromatic carbocycles. The van der Waals surface area contributed by atoms with E-state index in [-0.39, 0.29) is 6.04 Å². The largest absolute Gasteiger partial charge is 0.477 e. The molecule has 1 aliphatic rings. The number of rotatable bonds is 5. The van der Waals surface area contributed by atoms with E-state index in [1.807, 2.05) is 6.20 Å². The number of nitrogens with zero attached hydrogens (tertiary/aromatic N) is 2. The lowest BCUT2D eigenvalue weighted by molar-refractivity contribution is 0.248. The van der Waals surface area contributed by atoms with Gasteiger partial charge in [0.15, 0.2) is 0 Å². The zero-order valence-electron chi connectivity index (χ0n) is 13.2. The van der Waals surface area contributed by atoms with E-state index in [9.17, 15) is 0 Å². The molecule has 0 spiro atoms. The van der Waals surface area contributed by atoms with Gasteiger partial charge in [-0.2, -0.15) is 0 Å². The van der Waals surface area contributed by atoms with Gasteiger partial charge in [-0.25, -0.2) is 4.99 Å². The van der Waals surface area contributed by atoms with Gasteiger partial charge in [-0.1, -0.05) is 41.0 Å². The quantitative estimate of drug-likeness (QED) is 0.736. The molecule has 1 heterocycles. The van der Waals surface area contributed by atoms with Crippen molar-refractivity contribution in [1.82, 2.24) is 0 Å². The fourth-order valence-corrected chi connectivity index (χ4v) is 1.90. The second kappa shape index (κ2) is 7.46. The zero-order valence-corrected chi connectivity index (χ0v) is 13.2. The molecule has 0 aromatic rings. The molecule has 0 radical (unpaired) electrons. The summed E-state index contributed by atoms with van der Waals surface area (Å²) in [7, 11) is 0. The van der Waals surface area contributed by atoms with Crippen molar-refractivity contribution < 1.29 is 4.74 Å². The van der Waals surface area contributed by atoms with E-state index in [0.717, 1.165) is 6.42 Å². The minimum atomic E-state index is 0.145. The Morgan fingerprint density at radius 3 is 2.53 bits per heavy atom. The number of hydrogen-bond donors (Lipinski definition) is 0. The average molecular weight is 264 g/mol. The van der Waals surface area contributed by atoms with Crippen molar-refractivity contribution in [2.24, 2.45) is 27.7 Å². The molecule has 108 valence electrons. The van der Waals surface area contributed by atoms with Crippen LogP contribution in [0.25, 0.3) is 0 Å². The van der Waals surface area contributed by atoms with Gasteiger partial charge in [0, 0.05) is 6.20 Å². The molecular weight excluding hydrogens is 236 g/mol. The van der Waals surface area contributed by atoms with Gasteiger partial charge in [0.25, 0.3) is 0 Å². The summed E-state index contributed by atoms with van der Waals surface area (Å²) in [6.07, 6.45) is 4.81. The van der Waals surface area contributed by atoms with Crippen molar-refractivity contribution >= 4 is 12.1 Å². The third-order valence-electron chi connectivity index (χ3n) is 3.95. The Morgan fingerprint density at radius 2 is 1.95 bits per heavy atom. The monoisotopic (exact) mass is 264 g/mol. The van der Waals surface area contributed by atoms with Crippen molar-refractivity contribution in [2.75, 3.05) is 6.61 Å². The van der Waals surface area contributed by atoms with E-state index in [1.165, 1.54) is 5.57 Å². The van der Waals surface area contributed by atoms with Crippen LogP contribution in [0, 0.1) is 17.8 Å². The maximum atomic E-state index is 5.74. The highest BCUT2D eigenvalue weighted by atomic mass is 16.5. The summed E-state index contributed by atoms with van der Waals surface area (Å²) >= 11 is 0. The van der Waals surface area contributed by atoms with E-state index < -0.39 is 0 Å². The predicted octanol–water partition coefficient (Wildman–Crippen LogP) is 4.10. The fraction of sp³-hybridized carbons (Fsp3) is 0.750. The Balaban J connectivity index is 2.70. The van der Waals surface area contributed by atoms with Crippen molar-refractivity contribution in [3.63, 3.8) is 0 Å². The Hall–Kier alpha value is -1.12. The van der Waals surface area contributed by atoms with Crippen LogP contribution in [0.1, 0.15) is 48.0 Å². The Morgan fingerprint density at radius 1 is 1.26 bits per heavy atom. The SMILES string of the molecule is CCC(C)COC1=N[C@H](C)C([C@H](C)C(C)C)=CN=C1. The van der Waals surface area contributed by atoms with Gasteiger partial charge in [-0.05, 0) is 30.3 Å². The summed E-state index contributed by atoms with van der Waals surface area (Å²) in [6, 6.07) is 0.145. The number of aliphatic imine (C=N–C) groups is 2. The first kappa shape index (κ1) is 15.9. The third-order valence-corrected chi connectivity index (χ3v) is 3.95. The third kappa shape index (κ3) is 4.81. The lowest BCUT2D eigenvalue weighted by atomic mass is 9.87. The molecule has 0 bridgehead atoms. The lowest BCUT2D eigenvalue weighted by Crippen LogP contribution is -2.18. The van der Waals surface area contributed by atoms with Crippen LogP contribution in [0.15, 0.2) is 21.8 Å². The molecule has 0 amide bonds. The molecule has 3 nitrogen and oxygen atoms in total. The first-order chi connectivity index (χ1) is 8.95. The van der Waals surface area contributed by atoms with E-state index >= 15 is 0 Å². The molecule has 0 N–H and O–H groups in total. The van der Waals surface area contributed by atoms with E-state index in [2.05, 4.69) is 51.5 Å². The van der Waals surface area contributed by atoms with E-state index in [0.29, 0.717) is 30.3 Å². The number of ether oxygens (including phenoxy) is 1. The van der Waals surface area contributed by atoms with Gasteiger partial charge in [-0.3, -0.25) is 4.99 Å². The predicted molar refractivity (Wildman–Crippen MR) is 82.9 cm³/mol. The van der Waals surface area contributed by atoms with Crippen LogP contribution in [0.4, 0.5) is 0 Å². The summed E-state index contributed by atoms with van der Waals surface area (Å²) in [5, 5.41) is 0. The number of hydrogen-bond acceptors (Lipinski definition) is 3. The summed E-state index contributed by atoms with van der Waals surface area (Å²) < 4.78 is 5.74. The maximum Gasteiger partial charge on any atom is 0.228 e. The molecule has 3 atom stereocenters. The van der Waals surface area contributed by atoms with Crippen LogP contribution in [0.3, 0.4) is 0 Å². The van der Waals surface area contributed by atoms with Crippen molar-refractivity contribution in [3.05, 3.63) is 11.8 Å². The van der Waals surface area contributed by atoms with Crippen LogP contribution in [-0.4, -0.2) is 24.8 Å². The molecule has 1 rings (SSSR count). The first-order valence-electron chi connectivity index (χ1n) is 7.39. The van der Waals surface area contributed by atoms with Gasteiger partial charge < -0.3 is 4.74 Å². The van der Waals surface area contributed by atoms with Crippen molar-refractivity contribution in [1.29, 1.82) is 0 Å².